The molecule has 7 heteroatoms. The van der Waals surface area contributed by atoms with Crippen LogP contribution in [0.25, 0.3) is 0 Å². The van der Waals surface area contributed by atoms with Gasteiger partial charge in [-0.3, -0.25) is 14.6 Å². The highest BCUT2D eigenvalue weighted by atomic mass is 16.5. The lowest BCUT2D eigenvalue weighted by Crippen LogP contribution is -2.45. The first kappa shape index (κ1) is 15.2. The van der Waals surface area contributed by atoms with Crippen molar-refractivity contribution < 1.29 is 9.53 Å². The molecule has 120 valence electrons. The molecule has 1 saturated heterocycles. The van der Waals surface area contributed by atoms with Gasteiger partial charge in [-0.15, -0.1) is 0 Å². The van der Waals surface area contributed by atoms with Gasteiger partial charge in [0.2, 0.25) is 0 Å². The Balaban J connectivity index is 1.84. The Morgan fingerprint density at radius 1 is 1.26 bits per heavy atom. The summed E-state index contributed by atoms with van der Waals surface area (Å²) in [6.07, 6.45) is 1.05. The number of aryl methyl sites for hydroxylation is 1. The number of hydrogen-bond acceptors (Lipinski definition) is 4. The number of nitrogens with zero attached hydrogens (tertiary/aromatic N) is 2. The molecule has 1 aromatic heterocycles. The number of aromatic amines is 1. The summed E-state index contributed by atoms with van der Waals surface area (Å²) in [5, 5.41) is 0. The lowest BCUT2D eigenvalue weighted by molar-refractivity contribution is -0.0229. The zero-order chi connectivity index (χ0) is 16.4. The summed E-state index contributed by atoms with van der Waals surface area (Å²) in [6, 6.07) is 9.63. The van der Waals surface area contributed by atoms with Crippen LogP contribution in [0.3, 0.4) is 0 Å². The van der Waals surface area contributed by atoms with Crippen LogP contribution in [-0.4, -0.2) is 40.1 Å². The Hall–Kier alpha value is -2.67. The SMILES string of the molecule is Cn1cc(C(=O)N2CCO[C@@H](c3ccccc3)C2)c(=O)[nH]c1=O. The number of rotatable bonds is 2. The molecule has 23 heavy (non-hydrogen) atoms. The van der Waals surface area contributed by atoms with Crippen molar-refractivity contribution >= 4 is 5.91 Å². The zero-order valence-corrected chi connectivity index (χ0v) is 12.7. The van der Waals surface area contributed by atoms with Crippen LogP contribution in [0.4, 0.5) is 0 Å². The summed E-state index contributed by atoms with van der Waals surface area (Å²) in [5.41, 5.74) is -0.267. The largest absolute Gasteiger partial charge is 0.370 e. The third kappa shape index (κ3) is 3.09. The van der Waals surface area contributed by atoms with Crippen molar-refractivity contribution in [2.75, 3.05) is 19.7 Å². The van der Waals surface area contributed by atoms with E-state index in [1.54, 1.807) is 4.90 Å². The monoisotopic (exact) mass is 315 g/mol. The van der Waals surface area contributed by atoms with Gasteiger partial charge in [-0.25, -0.2) is 4.79 Å². The fourth-order valence-corrected chi connectivity index (χ4v) is 2.59. The van der Waals surface area contributed by atoms with Crippen LogP contribution >= 0.6 is 0 Å². The molecule has 0 radical (unpaired) electrons. The van der Waals surface area contributed by atoms with Gasteiger partial charge in [0.05, 0.1) is 13.2 Å². The lowest BCUT2D eigenvalue weighted by atomic mass is 10.1. The fourth-order valence-electron chi connectivity index (χ4n) is 2.59. The maximum absolute atomic E-state index is 12.6. The number of ether oxygens (including phenoxy) is 1. The van der Waals surface area contributed by atoms with E-state index in [0.29, 0.717) is 19.7 Å². The maximum atomic E-state index is 12.6. The van der Waals surface area contributed by atoms with E-state index in [9.17, 15) is 14.4 Å². The van der Waals surface area contributed by atoms with Crippen molar-refractivity contribution in [3.05, 3.63) is 68.5 Å². The minimum absolute atomic E-state index is 0.0409. The van der Waals surface area contributed by atoms with Gasteiger partial charge < -0.3 is 14.2 Å². The number of hydrogen-bond donors (Lipinski definition) is 1. The predicted octanol–water partition coefficient (Wildman–Crippen LogP) is 0.287. The van der Waals surface area contributed by atoms with Crippen molar-refractivity contribution in [3.8, 4) is 0 Å². The molecule has 3 rings (SSSR count). The highest BCUT2D eigenvalue weighted by Gasteiger charge is 2.27. The van der Waals surface area contributed by atoms with Crippen molar-refractivity contribution in [3.63, 3.8) is 0 Å². The molecular formula is C16H17N3O4. The maximum Gasteiger partial charge on any atom is 0.328 e. The molecule has 0 bridgehead atoms. The van der Waals surface area contributed by atoms with Crippen molar-refractivity contribution in [2.24, 2.45) is 7.05 Å². The summed E-state index contributed by atoms with van der Waals surface area (Å²) in [6.45, 7) is 1.17. The summed E-state index contributed by atoms with van der Waals surface area (Å²) >= 11 is 0. The molecule has 7 nitrogen and oxygen atoms in total. The van der Waals surface area contributed by atoms with Gasteiger partial charge >= 0.3 is 5.69 Å². The van der Waals surface area contributed by atoms with Crippen LogP contribution in [0.15, 0.2) is 46.1 Å². The fraction of sp³-hybridized carbons (Fsp3) is 0.312. The van der Waals surface area contributed by atoms with E-state index in [1.165, 1.54) is 17.8 Å². The quantitative estimate of drug-likeness (QED) is 0.863. The molecular weight excluding hydrogens is 298 g/mol. The van der Waals surface area contributed by atoms with E-state index < -0.39 is 17.2 Å². The Kier molecular flexibility index (Phi) is 4.12. The van der Waals surface area contributed by atoms with E-state index >= 15 is 0 Å². The first-order valence-electron chi connectivity index (χ1n) is 7.32. The van der Waals surface area contributed by atoms with Crippen LogP contribution in [0, 0.1) is 0 Å². The molecule has 1 fully saturated rings. The van der Waals surface area contributed by atoms with Crippen molar-refractivity contribution in [2.45, 2.75) is 6.10 Å². The average molecular weight is 315 g/mol. The van der Waals surface area contributed by atoms with E-state index in [1.807, 2.05) is 30.3 Å². The number of carbonyl (C=O) groups excluding carboxylic acids is 1. The molecule has 1 aliphatic heterocycles. The molecule has 0 aliphatic carbocycles. The van der Waals surface area contributed by atoms with Crippen LogP contribution < -0.4 is 11.2 Å². The molecule has 1 N–H and O–H groups in total. The van der Waals surface area contributed by atoms with Crippen molar-refractivity contribution in [1.29, 1.82) is 0 Å². The Bertz CT molecular complexity index is 825. The number of H-pyrrole nitrogens is 1. The molecule has 1 aliphatic rings. The number of nitrogens with one attached hydrogen (secondary N) is 1. The standard InChI is InChI=1S/C16H17N3O4/c1-18-9-12(14(20)17-16(18)22)15(21)19-7-8-23-13(10-19)11-5-3-2-4-6-11/h2-6,9,13H,7-8,10H2,1H3,(H,17,20,22)/t13-/m1/s1. The van der Waals surface area contributed by atoms with Gasteiger partial charge in [0.25, 0.3) is 11.5 Å². The number of aromatic nitrogens is 2. The molecule has 1 amide bonds. The first-order valence-corrected chi connectivity index (χ1v) is 7.32. The van der Waals surface area contributed by atoms with Gasteiger partial charge in [-0.1, -0.05) is 30.3 Å². The second kappa shape index (κ2) is 6.21. The summed E-state index contributed by atoms with van der Waals surface area (Å²) in [4.78, 5) is 39.6. The Morgan fingerprint density at radius 3 is 2.74 bits per heavy atom. The summed E-state index contributed by atoms with van der Waals surface area (Å²) in [7, 11) is 1.49. The van der Waals surface area contributed by atoms with Crippen LogP contribution in [-0.2, 0) is 11.8 Å². The Labute approximate surface area is 132 Å². The molecule has 0 saturated carbocycles. The zero-order valence-electron chi connectivity index (χ0n) is 12.7. The highest BCUT2D eigenvalue weighted by molar-refractivity contribution is 5.93. The molecule has 1 atom stereocenters. The number of benzene rings is 1. The van der Waals surface area contributed by atoms with Gasteiger partial charge in [0.1, 0.15) is 11.7 Å². The topological polar surface area (TPSA) is 84.4 Å². The van der Waals surface area contributed by atoms with Crippen LogP contribution in [0.1, 0.15) is 22.0 Å². The predicted molar refractivity (Wildman–Crippen MR) is 83.3 cm³/mol. The molecule has 2 heterocycles. The molecule has 0 unspecified atom stereocenters. The molecule has 0 spiro atoms. The second-order valence-corrected chi connectivity index (χ2v) is 5.43. The third-order valence-electron chi connectivity index (χ3n) is 3.86. The number of carbonyl (C=O) groups is 1. The highest BCUT2D eigenvalue weighted by Crippen LogP contribution is 2.22. The van der Waals surface area contributed by atoms with Gasteiger partial charge in [0.15, 0.2) is 0 Å². The van der Waals surface area contributed by atoms with E-state index in [0.717, 1.165) is 5.56 Å². The van der Waals surface area contributed by atoms with E-state index in [-0.39, 0.29) is 11.7 Å². The Morgan fingerprint density at radius 2 is 2.00 bits per heavy atom. The summed E-state index contributed by atoms with van der Waals surface area (Å²) < 4.78 is 6.90. The second-order valence-electron chi connectivity index (χ2n) is 5.43. The van der Waals surface area contributed by atoms with E-state index in [2.05, 4.69) is 4.98 Å². The van der Waals surface area contributed by atoms with Crippen LogP contribution in [0.5, 0.6) is 0 Å². The summed E-state index contributed by atoms with van der Waals surface area (Å²) in [5.74, 6) is -0.397. The van der Waals surface area contributed by atoms with Crippen LogP contribution in [0.2, 0.25) is 0 Å². The van der Waals surface area contributed by atoms with Gasteiger partial charge in [0, 0.05) is 19.8 Å². The first-order chi connectivity index (χ1) is 11.1. The third-order valence-corrected chi connectivity index (χ3v) is 3.86. The molecule has 2 aromatic rings. The van der Waals surface area contributed by atoms with Gasteiger partial charge in [-0.05, 0) is 5.56 Å². The minimum atomic E-state index is -0.666. The van der Waals surface area contributed by atoms with E-state index in [4.69, 9.17) is 4.74 Å². The average Bonchev–Trinajstić information content (AvgIpc) is 2.58. The minimum Gasteiger partial charge on any atom is -0.370 e. The number of morpholine rings is 1. The lowest BCUT2D eigenvalue weighted by Gasteiger charge is -2.33. The smallest absolute Gasteiger partial charge is 0.328 e. The van der Waals surface area contributed by atoms with Crippen molar-refractivity contribution in [1.82, 2.24) is 14.5 Å². The van der Waals surface area contributed by atoms with Gasteiger partial charge in [-0.2, -0.15) is 0 Å². The normalized spacial score (nSPS) is 18.0. The number of amides is 1. The molecule has 1 aromatic carbocycles.